The van der Waals surface area contributed by atoms with Crippen LogP contribution >= 0.6 is 0 Å². The van der Waals surface area contributed by atoms with E-state index in [-0.39, 0.29) is 0 Å². The van der Waals surface area contributed by atoms with Crippen molar-refractivity contribution in [2.24, 2.45) is 0 Å². The standard InChI is InChI=1S/C15H22N2O/c1-12-6-7-15(14-5-3-2-4-13(12)14)16-17-8-10-18-11-9-17/h2-5,12,15-16H,6-11H2,1H3. The topological polar surface area (TPSA) is 24.5 Å². The number of hydrazine groups is 1. The molecule has 3 heteroatoms. The first-order valence-corrected chi connectivity index (χ1v) is 7.02. The van der Waals surface area contributed by atoms with E-state index in [1.165, 1.54) is 24.0 Å². The second kappa shape index (κ2) is 5.39. The van der Waals surface area contributed by atoms with Crippen LogP contribution in [0.25, 0.3) is 0 Å². The van der Waals surface area contributed by atoms with Crippen molar-refractivity contribution >= 4 is 0 Å². The number of fused-ring (bicyclic) bond motifs is 1. The molecule has 18 heavy (non-hydrogen) atoms. The molecule has 2 atom stereocenters. The summed E-state index contributed by atoms with van der Waals surface area (Å²) in [5.41, 5.74) is 6.70. The van der Waals surface area contributed by atoms with E-state index in [2.05, 4.69) is 41.6 Å². The molecule has 1 N–H and O–H groups in total. The maximum atomic E-state index is 5.39. The Labute approximate surface area is 109 Å². The maximum absolute atomic E-state index is 5.39. The van der Waals surface area contributed by atoms with Crippen LogP contribution in [0, 0.1) is 0 Å². The van der Waals surface area contributed by atoms with Gasteiger partial charge < -0.3 is 4.74 Å². The third kappa shape index (κ3) is 2.44. The molecule has 1 aliphatic carbocycles. The number of rotatable bonds is 2. The summed E-state index contributed by atoms with van der Waals surface area (Å²) in [7, 11) is 0. The molecule has 0 radical (unpaired) electrons. The van der Waals surface area contributed by atoms with Crippen LogP contribution < -0.4 is 5.43 Å². The average Bonchev–Trinajstić information content (AvgIpc) is 2.44. The molecule has 2 aliphatic rings. The van der Waals surface area contributed by atoms with Gasteiger partial charge in [-0.15, -0.1) is 0 Å². The number of hydrogen-bond donors (Lipinski definition) is 1. The summed E-state index contributed by atoms with van der Waals surface area (Å²) in [4.78, 5) is 0. The van der Waals surface area contributed by atoms with Crippen molar-refractivity contribution in [2.45, 2.75) is 31.7 Å². The predicted molar refractivity (Wildman–Crippen MR) is 72.4 cm³/mol. The lowest BCUT2D eigenvalue weighted by molar-refractivity contribution is 0.00161. The lowest BCUT2D eigenvalue weighted by Gasteiger charge is -2.36. The average molecular weight is 246 g/mol. The molecule has 0 spiro atoms. The van der Waals surface area contributed by atoms with Crippen molar-refractivity contribution in [2.75, 3.05) is 26.3 Å². The smallest absolute Gasteiger partial charge is 0.0608 e. The molecule has 1 aliphatic heterocycles. The van der Waals surface area contributed by atoms with Crippen LogP contribution in [0.15, 0.2) is 24.3 Å². The summed E-state index contributed by atoms with van der Waals surface area (Å²) < 4.78 is 5.39. The minimum Gasteiger partial charge on any atom is -0.379 e. The molecule has 98 valence electrons. The second-order valence-corrected chi connectivity index (χ2v) is 5.39. The summed E-state index contributed by atoms with van der Waals surface area (Å²) in [5, 5.41) is 2.32. The van der Waals surface area contributed by atoms with Gasteiger partial charge in [0.05, 0.1) is 13.2 Å². The Morgan fingerprint density at radius 1 is 1.11 bits per heavy atom. The first kappa shape index (κ1) is 12.2. The Hall–Kier alpha value is -0.900. The van der Waals surface area contributed by atoms with Gasteiger partial charge in [-0.05, 0) is 29.9 Å². The first-order valence-electron chi connectivity index (χ1n) is 7.02. The number of morpholine rings is 1. The molecule has 0 saturated carbocycles. The zero-order valence-electron chi connectivity index (χ0n) is 11.1. The lowest BCUT2D eigenvalue weighted by Crippen LogP contribution is -2.47. The molecule has 1 aromatic rings. The lowest BCUT2D eigenvalue weighted by atomic mass is 9.81. The van der Waals surface area contributed by atoms with Crippen molar-refractivity contribution < 1.29 is 4.74 Å². The normalized spacial score (nSPS) is 28.9. The van der Waals surface area contributed by atoms with Gasteiger partial charge in [-0.1, -0.05) is 31.2 Å². The van der Waals surface area contributed by atoms with Gasteiger partial charge in [-0.2, -0.15) is 0 Å². The highest BCUT2D eigenvalue weighted by atomic mass is 16.5. The molecule has 2 unspecified atom stereocenters. The Bertz CT molecular complexity index is 401. The van der Waals surface area contributed by atoms with E-state index in [9.17, 15) is 0 Å². The predicted octanol–water partition coefficient (Wildman–Crippen LogP) is 2.46. The van der Waals surface area contributed by atoms with Gasteiger partial charge in [0, 0.05) is 19.1 Å². The first-order chi connectivity index (χ1) is 8.84. The van der Waals surface area contributed by atoms with E-state index >= 15 is 0 Å². The summed E-state index contributed by atoms with van der Waals surface area (Å²) in [6, 6.07) is 9.36. The molecular weight excluding hydrogens is 224 g/mol. The highest BCUT2D eigenvalue weighted by Crippen LogP contribution is 2.37. The van der Waals surface area contributed by atoms with Crippen LogP contribution in [0.4, 0.5) is 0 Å². The van der Waals surface area contributed by atoms with E-state index in [0.717, 1.165) is 26.3 Å². The summed E-state index contributed by atoms with van der Waals surface area (Å²) in [6.07, 6.45) is 2.51. The van der Waals surface area contributed by atoms with Crippen LogP contribution in [-0.2, 0) is 4.74 Å². The molecule has 0 amide bonds. The fourth-order valence-corrected chi connectivity index (χ4v) is 3.05. The van der Waals surface area contributed by atoms with E-state index in [1.807, 2.05) is 0 Å². The van der Waals surface area contributed by atoms with Crippen molar-refractivity contribution in [3.05, 3.63) is 35.4 Å². The maximum Gasteiger partial charge on any atom is 0.0608 e. The van der Waals surface area contributed by atoms with E-state index < -0.39 is 0 Å². The zero-order valence-corrected chi connectivity index (χ0v) is 11.1. The van der Waals surface area contributed by atoms with Crippen LogP contribution in [0.5, 0.6) is 0 Å². The number of nitrogens with zero attached hydrogens (tertiary/aromatic N) is 1. The molecule has 0 bridgehead atoms. The van der Waals surface area contributed by atoms with Crippen LogP contribution in [0.2, 0.25) is 0 Å². The van der Waals surface area contributed by atoms with E-state index in [0.29, 0.717) is 12.0 Å². The van der Waals surface area contributed by atoms with E-state index in [1.54, 1.807) is 0 Å². The Balaban J connectivity index is 1.75. The molecule has 0 aromatic heterocycles. The zero-order chi connectivity index (χ0) is 12.4. The molecule has 3 nitrogen and oxygen atoms in total. The van der Waals surface area contributed by atoms with Crippen molar-refractivity contribution in [1.29, 1.82) is 0 Å². The van der Waals surface area contributed by atoms with Gasteiger partial charge in [0.25, 0.3) is 0 Å². The van der Waals surface area contributed by atoms with Crippen molar-refractivity contribution in [3.63, 3.8) is 0 Å². The summed E-state index contributed by atoms with van der Waals surface area (Å²) in [6.45, 7) is 6.02. The van der Waals surface area contributed by atoms with Crippen molar-refractivity contribution in [3.8, 4) is 0 Å². The van der Waals surface area contributed by atoms with Gasteiger partial charge in [0.2, 0.25) is 0 Å². The largest absolute Gasteiger partial charge is 0.379 e. The highest BCUT2D eigenvalue weighted by Gasteiger charge is 2.25. The SMILES string of the molecule is CC1CCC(NN2CCOCC2)c2ccccc21. The Morgan fingerprint density at radius 3 is 2.61 bits per heavy atom. The number of benzene rings is 1. The summed E-state index contributed by atoms with van der Waals surface area (Å²) >= 11 is 0. The Kier molecular flexibility index (Phi) is 3.64. The van der Waals surface area contributed by atoms with Gasteiger partial charge >= 0.3 is 0 Å². The number of ether oxygens (including phenoxy) is 1. The van der Waals surface area contributed by atoms with Gasteiger partial charge in [0.1, 0.15) is 0 Å². The van der Waals surface area contributed by atoms with Gasteiger partial charge in [-0.3, -0.25) is 0 Å². The minimum atomic E-state index is 0.482. The molecular formula is C15H22N2O. The molecule has 1 fully saturated rings. The molecule has 1 aromatic carbocycles. The summed E-state index contributed by atoms with van der Waals surface area (Å²) in [5.74, 6) is 0.698. The minimum absolute atomic E-state index is 0.482. The molecule has 1 heterocycles. The molecule has 1 saturated heterocycles. The fraction of sp³-hybridized carbons (Fsp3) is 0.600. The van der Waals surface area contributed by atoms with Crippen LogP contribution in [0.3, 0.4) is 0 Å². The second-order valence-electron chi connectivity index (χ2n) is 5.39. The van der Waals surface area contributed by atoms with Crippen LogP contribution in [-0.4, -0.2) is 31.3 Å². The third-order valence-corrected chi connectivity index (χ3v) is 4.14. The number of hydrogen-bond acceptors (Lipinski definition) is 3. The monoisotopic (exact) mass is 246 g/mol. The Morgan fingerprint density at radius 2 is 1.83 bits per heavy atom. The van der Waals surface area contributed by atoms with Crippen molar-refractivity contribution in [1.82, 2.24) is 10.4 Å². The molecule has 3 rings (SSSR count). The quantitative estimate of drug-likeness (QED) is 0.867. The fourth-order valence-electron chi connectivity index (χ4n) is 3.05. The van der Waals surface area contributed by atoms with Gasteiger partial charge in [0.15, 0.2) is 0 Å². The third-order valence-electron chi connectivity index (χ3n) is 4.14. The van der Waals surface area contributed by atoms with E-state index in [4.69, 9.17) is 4.74 Å². The highest BCUT2D eigenvalue weighted by molar-refractivity contribution is 5.34. The van der Waals surface area contributed by atoms with Crippen LogP contribution in [0.1, 0.15) is 42.9 Å². The number of nitrogens with one attached hydrogen (secondary N) is 1. The van der Waals surface area contributed by atoms with Gasteiger partial charge in [-0.25, -0.2) is 10.4 Å².